The van der Waals surface area contributed by atoms with Crippen molar-refractivity contribution >= 4 is 28.2 Å². The van der Waals surface area contributed by atoms with Crippen molar-refractivity contribution in [3.05, 3.63) is 33.2 Å². The summed E-state index contributed by atoms with van der Waals surface area (Å²) in [6.07, 6.45) is 0. The minimum Gasteiger partial charge on any atom is -0.375 e. The number of hydrogen-bond donors (Lipinski definition) is 2. The lowest BCUT2D eigenvalue weighted by atomic mass is 10.5. The summed E-state index contributed by atoms with van der Waals surface area (Å²) in [6.45, 7) is 1.79. The van der Waals surface area contributed by atoms with Crippen LogP contribution in [0.15, 0.2) is 21.4 Å². The van der Waals surface area contributed by atoms with Gasteiger partial charge in [0.1, 0.15) is 0 Å². The summed E-state index contributed by atoms with van der Waals surface area (Å²) in [7, 11) is 0. The van der Waals surface area contributed by atoms with E-state index >= 15 is 0 Å². The Morgan fingerprint density at radius 2 is 2.38 bits per heavy atom. The molecule has 0 aliphatic carbocycles. The summed E-state index contributed by atoms with van der Waals surface area (Å²) >= 11 is 2.84. The van der Waals surface area contributed by atoms with E-state index in [1.165, 1.54) is 29.2 Å². The molecule has 2 rings (SSSR count). The maximum Gasteiger partial charge on any atom is 0.251 e. The molecule has 7 heteroatoms. The fourth-order valence-corrected chi connectivity index (χ4v) is 2.63. The van der Waals surface area contributed by atoms with Gasteiger partial charge in [-0.05, 0) is 6.92 Å². The van der Waals surface area contributed by atoms with Crippen molar-refractivity contribution in [3.63, 3.8) is 0 Å². The first-order chi connectivity index (χ1) is 7.63. The number of rotatable bonds is 3. The zero-order valence-corrected chi connectivity index (χ0v) is 10.2. The van der Waals surface area contributed by atoms with E-state index in [1.807, 2.05) is 5.38 Å². The number of thioether (sulfide) groups is 1. The van der Waals surface area contributed by atoms with E-state index in [2.05, 4.69) is 15.0 Å². The van der Waals surface area contributed by atoms with Crippen LogP contribution in [0.5, 0.6) is 0 Å². The van der Waals surface area contributed by atoms with Crippen LogP contribution in [0.3, 0.4) is 0 Å². The Balaban J connectivity index is 2.07. The molecule has 0 aliphatic rings. The lowest BCUT2D eigenvalue weighted by Gasteiger charge is -1.99. The highest BCUT2D eigenvalue weighted by molar-refractivity contribution is 7.98. The number of nitrogens with two attached hydrogens (primary N) is 1. The van der Waals surface area contributed by atoms with Crippen LogP contribution < -0.4 is 11.3 Å². The monoisotopic (exact) mass is 254 g/mol. The van der Waals surface area contributed by atoms with Crippen molar-refractivity contribution in [2.45, 2.75) is 17.8 Å². The van der Waals surface area contributed by atoms with Crippen molar-refractivity contribution in [2.24, 2.45) is 0 Å². The van der Waals surface area contributed by atoms with Crippen molar-refractivity contribution in [2.75, 3.05) is 5.73 Å². The largest absolute Gasteiger partial charge is 0.375 e. The molecule has 84 valence electrons. The van der Waals surface area contributed by atoms with Gasteiger partial charge in [0.15, 0.2) is 10.3 Å². The average molecular weight is 254 g/mol. The highest BCUT2D eigenvalue weighted by Gasteiger charge is 2.03. The number of aryl methyl sites for hydroxylation is 1. The molecule has 0 saturated heterocycles. The van der Waals surface area contributed by atoms with Gasteiger partial charge in [0, 0.05) is 22.9 Å². The summed E-state index contributed by atoms with van der Waals surface area (Å²) in [6, 6.07) is 1.46. The molecule has 5 nitrogen and oxygen atoms in total. The molecule has 0 unspecified atom stereocenters. The van der Waals surface area contributed by atoms with Gasteiger partial charge in [0.2, 0.25) is 0 Å². The topological polar surface area (TPSA) is 84.7 Å². The molecule has 0 spiro atoms. The van der Waals surface area contributed by atoms with Crippen LogP contribution in [0.1, 0.15) is 11.4 Å². The van der Waals surface area contributed by atoms with Gasteiger partial charge in [-0.25, -0.2) is 9.97 Å². The van der Waals surface area contributed by atoms with E-state index in [0.717, 1.165) is 5.69 Å². The molecule has 2 aromatic heterocycles. The molecule has 0 bridgehead atoms. The summed E-state index contributed by atoms with van der Waals surface area (Å²) in [5.41, 5.74) is 7.00. The fraction of sp³-hybridized carbons (Fsp3) is 0.222. The summed E-state index contributed by atoms with van der Waals surface area (Å²) < 4.78 is 0. The van der Waals surface area contributed by atoms with Crippen LogP contribution in [0.2, 0.25) is 0 Å². The molecular weight excluding hydrogens is 244 g/mol. The molecule has 2 heterocycles. The quantitative estimate of drug-likeness (QED) is 0.639. The van der Waals surface area contributed by atoms with Gasteiger partial charge in [-0.3, -0.25) is 4.79 Å². The second kappa shape index (κ2) is 4.67. The standard InChI is InChI=1S/C9H10N4OS2/c1-5-2-7(14)13-9(11-5)16-4-6-3-15-8(10)12-6/h2-3H,4H2,1H3,(H2,10,12)(H,11,13,14). The molecule has 3 N–H and O–H groups in total. The normalized spacial score (nSPS) is 10.6. The first kappa shape index (κ1) is 11.2. The van der Waals surface area contributed by atoms with Gasteiger partial charge >= 0.3 is 0 Å². The second-order valence-corrected chi connectivity index (χ2v) is 5.01. The number of thiazole rings is 1. The first-order valence-electron chi connectivity index (χ1n) is 4.54. The zero-order chi connectivity index (χ0) is 11.5. The number of nitrogen functional groups attached to an aromatic ring is 1. The maximum atomic E-state index is 11.2. The summed E-state index contributed by atoms with van der Waals surface area (Å²) in [5, 5.41) is 3.06. The van der Waals surface area contributed by atoms with E-state index in [1.54, 1.807) is 6.92 Å². The van der Waals surface area contributed by atoms with E-state index in [9.17, 15) is 4.79 Å². The van der Waals surface area contributed by atoms with Gasteiger partial charge < -0.3 is 10.7 Å². The van der Waals surface area contributed by atoms with Gasteiger partial charge in [0.05, 0.1) is 5.69 Å². The minimum absolute atomic E-state index is 0.132. The molecule has 0 saturated carbocycles. The second-order valence-electron chi connectivity index (χ2n) is 3.16. The van der Waals surface area contributed by atoms with Crippen molar-refractivity contribution < 1.29 is 0 Å². The van der Waals surface area contributed by atoms with E-state index in [4.69, 9.17) is 5.73 Å². The Bertz CT molecular complexity index is 548. The number of anilines is 1. The third-order valence-electron chi connectivity index (χ3n) is 1.77. The predicted octanol–water partition coefficient (Wildman–Crippen LogP) is 1.41. The minimum atomic E-state index is -0.132. The Morgan fingerprint density at radius 1 is 1.56 bits per heavy atom. The highest BCUT2D eigenvalue weighted by atomic mass is 32.2. The van der Waals surface area contributed by atoms with Gasteiger partial charge in [-0.1, -0.05) is 11.8 Å². The van der Waals surface area contributed by atoms with Crippen molar-refractivity contribution in [1.29, 1.82) is 0 Å². The Kier molecular flexibility index (Phi) is 3.25. The van der Waals surface area contributed by atoms with Crippen LogP contribution in [0.25, 0.3) is 0 Å². The number of nitrogens with one attached hydrogen (secondary N) is 1. The van der Waals surface area contributed by atoms with Gasteiger partial charge in [-0.15, -0.1) is 11.3 Å². The highest BCUT2D eigenvalue weighted by Crippen LogP contribution is 2.20. The SMILES string of the molecule is Cc1cc(=O)[nH]c(SCc2csc(N)n2)n1. The van der Waals surface area contributed by atoms with Crippen molar-refractivity contribution in [3.8, 4) is 0 Å². The predicted molar refractivity (Wildman–Crippen MR) is 65.7 cm³/mol. The molecule has 0 radical (unpaired) electrons. The molecule has 2 aromatic rings. The van der Waals surface area contributed by atoms with Crippen LogP contribution in [0.4, 0.5) is 5.13 Å². The first-order valence-corrected chi connectivity index (χ1v) is 6.40. The van der Waals surface area contributed by atoms with E-state index in [0.29, 0.717) is 21.7 Å². The number of nitrogens with zero attached hydrogens (tertiary/aromatic N) is 2. The van der Waals surface area contributed by atoms with E-state index < -0.39 is 0 Å². The number of aromatic amines is 1. The van der Waals surface area contributed by atoms with Gasteiger partial charge in [-0.2, -0.15) is 0 Å². The third kappa shape index (κ3) is 2.83. The molecule has 0 aliphatic heterocycles. The Labute approximate surface area is 100 Å². The molecule has 0 amide bonds. The molecular formula is C9H10N4OS2. The number of hydrogen-bond acceptors (Lipinski definition) is 6. The molecule has 0 atom stereocenters. The lowest BCUT2D eigenvalue weighted by Crippen LogP contribution is -2.08. The number of H-pyrrole nitrogens is 1. The summed E-state index contributed by atoms with van der Waals surface area (Å²) in [4.78, 5) is 22.2. The van der Waals surface area contributed by atoms with Gasteiger partial charge in [0.25, 0.3) is 5.56 Å². The Hall–Kier alpha value is -1.34. The number of aromatic nitrogens is 3. The average Bonchev–Trinajstić information content (AvgIpc) is 2.60. The molecule has 16 heavy (non-hydrogen) atoms. The Morgan fingerprint density at radius 3 is 3.00 bits per heavy atom. The summed E-state index contributed by atoms with van der Waals surface area (Å²) in [5.74, 6) is 0.653. The van der Waals surface area contributed by atoms with Crippen LogP contribution in [-0.2, 0) is 5.75 Å². The van der Waals surface area contributed by atoms with Crippen LogP contribution in [-0.4, -0.2) is 15.0 Å². The molecule has 0 fully saturated rings. The fourth-order valence-electron chi connectivity index (χ4n) is 1.15. The maximum absolute atomic E-state index is 11.2. The third-order valence-corrected chi connectivity index (χ3v) is 3.40. The van der Waals surface area contributed by atoms with Crippen molar-refractivity contribution in [1.82, 2.24) is 15.0 Å². The van der Waals surface area contributed by atoms with E-state index in [-0.39, 0.29) is 5.56 Å². The molecule has 0 aromatic carbocycles. The lowest BCUT2D eigenvalue weighted by molar-refractivity contribution is 0.904. The zero-order valence-electron chi connectivity index (χ0n) is 8.56. The smallest absolute Gasteiger partial charge is 0.251 e. The van der Waals surface area contributed by atoms with Crippen LogP contribution >= 0.6 is 23.1 Å². The van der Waals surface area contributed by atoms with Crippen LogP contribution in [0, 0.1) is 6.92 Å².